The Morgan fingerprint density at radius 1 is 1.07 bits per heavy atom. The van der Waals surface area contributed by atoms with Crippen molar-refractivity contribution in [2.24, 2.45) is 13.0 Å². The Bertz CT molecular complexity index is 1700. The molecule has 0 saturated heterocycles. The van der Waals surface area contributed by atoms with Gasteiger partial charge in [0.25, 0.3) is 5.91 Å². The number of aromatic nitrogens is 1. The zero-order chi connectivity index (χ0) is 30.2. The minimum Gasteiger partial charge on any atom is -0.394 e. The molecule has 42 heavy (non-hydrogen) atoms. The zero-order valence-electron chi connectivity index (χ0n) is 24.2. The van der Waals surface area contributed by atoms with Crippen molar-refractivity contribution in [2.75, 3.05) is 26.7 Å². The number of benzene rings is 3. The first-order chi connectivity index (χ1) is 20.0. The number of aliphatic hydroxyl groups excluding tert-OH is 1. The van der Waals surface area contributed by atoms with Gasteiger partial charge in [-0.1, -0.05) is 61.0 Å². The lowest BCUT2D eigenvalue weighted by Gasteiger charge is -2.35. The van der Waals surface area contributed by atoms with Crippen molar-refractivity contribution in [3.63, 3.8) is 0 Å². The van der Waals surface area contributed by atoms with Gasteiger partial charge in [-0.25, -0.2) is 8.42 Å². The largest absolute Gasteiger partial charge is 0.394 e. The van der Waals surface area contributed by atoms with Crippen LogP contribution in [0.25, 0.3) is 22.0 Å². The predicted octanol–water partition coefficient (Wildman–Crippen LogP) is 5.18. The minimum atomic E-state index is -3.82. The Morgan fingerprint density at radius 2 is 1.74 bits per heavy atom. The molecule has 4 aromatic rings. The average molecular weight is 610 g/mol. The van der Waals surface area contributed by atoms with E-state index in [-0.39, 0.29) is 43.0 Å². The summed E-state index contributed by atoms with van der Waals surface area (Å²) in [5.41, 5.74) is 4.06. The number of aryl methyl sites for hydroxylation is 1. The second-order valence-electron chi connectivity index (χ2n) is 11.0. The Kier molecular flexibility index (Phi) is 8.78. The maximum atomic E-state index is 14.4. The zero-order valence-corrected chi connectivity index (χ0v) is 25.8. The summed E-state index contributed by atoms with van der Waals surface area (Å²) in [6, 6.07) is 21.4. The first kappa shape index (κ1) is 30.3. The Hall–Kier alpha value is -3.21. The van der Waals surface area contributed by atoms with Crippen molar-refractivity contribution in [1.29, 1.82) is 0 Å². The Labute approximate surface area is 252 Å². The number of hydrogen-bond acceptors (Lipinski definition) is 5. The summed E-state index contributed by atoms with van der Waals surface area (Å²) in [5, 5.41) is 11.6. The summed E-state index contributed by atoms with van der Waals surface area (Å²) in [7, 11) is -0.403. The molecule has 5 rings (SSSR count). The summed E-state index contributed by atoms with van der Waals surface area (Å²) in [4.78, 5) is 16.3. The van der Waals surface area contributed by atoms with Crippen molar-refractivity contribution in [2.45, 2.75) is 37.5 Å². The molecule has 1 aromatic heterocycles. The number of amides is 1. The third-order valence-electron chi connectivity index (χ3n) is 8.18. The lowest BCUT2D eigenvalue weighted by molar-refractivity contribution is -0.0147. The maximum Gasteiger partial charge on any atom is 0.271 e. The van der Waals surface area contributed by atoms with Gasteiger partial charge in [0, 0.05) is 54.6 Å². The molecule has 1 amide bonds. The third kappa shape index (κ3) is 5.59. The van der Waals surface area contributed by atoms with Gasteiger partial charge in [0.05, 0.1) is 30.3 Å². The normalized spacial score (nSPS) is 18.9. The van der Waals surface area contributed by atoms with E-state index in [0.717, 1.165) is 27.6 Å². The van der Waals surface area contributed by atoms with Crippen LogP contribution in [0.15, 0.2) is 77.7 Å². The molecular weight excluding hydrogens is 574 g/mol. The smallest absolute Gasteiger partial charge is 0.271 e. The van der Waals surface area contributed by atoms with Gasteiger partial charge in [-0.05, 0) is 48.4 Å². The number of para-hydroxylation sites is 1. The highest BCUT2D eigenvalue weighted by Crippen LogP contribution is 2.38. The summed E-state index contributed by atoms with van der Waals surface area (Å²) in [6.07, 6.45) is -0.552. The lowest BCUT2D eigenvalue weighted by Crippen LogP contribution is -2.48. The SMILES string of the molecule is C[C@@H]1CN([C@@H](C)CO)C(=O)c2c(c3ccccc3n2C)-c2ccccc2CO[C@H]1CN(C)S(=O)(=O)c1ccc(Cl)cc1. The number of halogens is 1. The maximum absolute atomic E-state index is 14.4. The van der Waals surface area contributed by atoms with Crippen LogP contribution >= 0.6 is 11.6 Å². The van der Waals surface area contributed by atoms with Gasteiger partial charge in [-0.15, -0.1) is 0 Å². The number of hydrogen-bond donors (Lipinski definition) is 1. The van der Waals surface area contributed by atoms with E-state index >= 15 is 0 Å². The van der Waals surface area contributed by atoms with Gasteiger partial charge in [-0.3, -0.25) is 4.79 Å². The number of sulfonamides is 1. The summed E-state index contributed by atoms with van der Waals surface area (Å²) >= 11 is 5.98. The molecule has 0 saturated carbocycles. The number of nitrogens with zero attached hydrogens (tertiary/aromatic N) is 3. The lowest BCUT2D eigenvalue weighted by atomic mass is 9.96. The number of carbonyl (C=O) groups excluding carboxylic acids is 1. The predicted molar refractivity (Wildman–Crippen MR) is 165 cm³/mol. The molecule has 8 nitrogen and oxygen atoms in total. The van der Waals surface area contributed by atoms with E-state index in [1.54, 1.807) is 17.0 Å². The molecule has 0 unspecified atom stereocenters. The fourth-order valence-corrected chi connectivity index (χ4v) is 6.97. The van der Waals surface area contributed by atoms with Crippen LogP contribution in [0, 0.1) is 5.92 Å². The molecule has 3 atom stereocenters. The third-order valence-corrected chi connectivity index (χ3v) is 10.3. The number of rotatable bonds is 6. The minimum absolute atomic E-state index is 0.0692. The van der Waals surface area contributed by atoms with E-state index in [2.05, 4.69) is 0 Å². The van der Waals surface area contributed by atoms with Gasteiger partial charge >= 0.3 is 0 Å². The topological polar surface area (TPSA) is 92.1 Å². The quantitative estimate of drug-likeness (QED) is 0.325. The molecule has 3 aromatic carbocycles. The monoisotopic (exact) mass is 609 g/mol. The number of ether oxygens (including phenoxy) is 1. The molecule has 1 aliphatic rings. The Balaban J connectivity index is 1.60. The van der Waals surface area contributed by atoms with Gasteiger partial charge in [0.2, 0.25) is 10.0 Å². The molecule has 0 spiro atoms. The highest BCUT2D eigenvalue weighted by molar-refractivity contribution is 7.89. The highest BCUT2D eigenvalue weighted by Gasteiger charge is 2.34. The van der Waals surface area contributed by atoms with Crippen LogP contribution in [0.1, 0.15) is 29.9 Å². The Morgan fingerprint density at radius 3 is 2.45 bits per heavy atom. The first-order valence-corrected chi connectivity index (χ1v) is 15.8. The molecule has 0 radical (unpaired) electrons. The van der Waals surface area contributed by atoms with Crippen LogP contribution in [-0.2, 0) is 28.4 Å². The van der Waals surface area contributed by atoms with E-state index in [1.165, 1.54) is 23.5 Å². The number of carbonyl (C=O) groups is 1. The first-order valence-electron chi connectivity index (χ1n) is 14.0. The molecule has 10 heteroatoms. The molecule has 1 aliphatic heterocycles. The van der Waals surface area contributed by atoms with E-state index in [4.69, 9.17) is 16.3 Å². The molecule has 0 fully saturated rings. The summed E-state index contributed by atoms with van der Waals surface area (Å²) in [6.45, 7) is 4.10. The van der Waals surface area contributed by atoms with Gasteiger partial charge < -0.3 is 19.3 Å². The standard InChI is InChI=1S/C32H36ClN3O5S/c1-21-17-36(22(2)19-37)32(38)31-30(27-11-7-8-12-28(27)35(31)4)26-10-6-5-9-23(26)20-41-29(21)18-34(3)42(39,40)25-15-13-24(33)14-16-25/h5-16,21-22,29,37H,17-20H2,1-4H3/t21-,22+,29+/m1/s1. The molecule has 2 heterocycles. The molecule has 222 valence electrons. The van der Waals surface area contributed by atoms with Crippen molar-refractivity contribution < 1.29 is 23.1 Å². The van der Waals surface area contributed by atoms with E-state index in [1.807, 2.05) is 74.0 Å². The van der Waals surface area contributed by atoms with Crippen LogP contribution in [0.4, 0.5) is 0 Å². The van der Waals surface area contributed by atoms with Gasteiger partial charge in [-0.2, -0.15) is 4.31 Å². The second kappa shape index (κ2) is 12.2. The molecule has 0 aliphatic carbocycles. The van der Waals surface area contributed by atoms with E-state index in [9.17, 15) is 18.3 Å². The number of likely N-dealkylation sites (N-methyl/N-ethyl adjacent to an activating group) is 1. The van der Waals surface area contributed by atoms with Crippen LogP contribution in [0.5, 0.6) is 0 Å². The van der Waals surface area contributed by atoms with Crippen molar-refractivity contribution in [3.8, 4) is 11.1 Å². The number of fused-ring (bicyclic) bond motifs is 5. The van der Waals surface area contributed by atoms with Crippen LogP contribution in [-0.4, -0.2) is 72.1 Å². The fourth-order valence-electron chi connectivity index (χ4n) is 5.66. The molecule has 0 bridgehead atoms. The summed E-state index contributed by atoms with van der Waals surface area (Å²) < 4.78 is 36.6. The fraction of sp³-hybridized carbons (Fsp3) is 0.344. The van der Waals surface area contributed by atoms with Gasteiger partial charge in [0.1, 0.15) is 5.69 Å². The average Bonchev–Trinajstić information content (AvgIpc) is 3.28. The molecular formula is C32H36ClN3O5S. The van der Waals surface area contributed by atoms with Crippen molar-refractivity contribution in [1.82, 2.24) is 13.8 Å². The van der Waals surface area contributed by atoms with Crippen LogP contribution in [0.3, 0.4) is 0 Å². The van der Waals surface area contributed by atoms with Crippen LogP contribution in [0.2, 0.25) is 5.02 Å². The summed E-state index contributed by atoms with van der Waals surface area (Å²) in [5.74, 6) is -0.469. The number of aliphatic hydroxyl groups is 1. The van der Waals surface area contributed by atoms with E-state index in [0.29, 0.717) is 10.7 Å². The second-order valence-corrected chi connectivity index (χ2v) is 13.5. The molecule has 1 N–H and O–H groups in total. The highest BCUT2D eigenvalue weighted by atomic mass is 35.5. The van der Waals surface area contributed by atoms with Crippen molar-refractivity contribution in [3.05, 3.63) is 89.1 Å². The van der Waals surface area contributed by atoms with Gasteiger partial charge in [0.15, 0.2) is 0 Å². The van der Waals surface area contributed by atoms with Crippen molar-refractivity contribution >= 4 is 38.4 Å². The van der Waals surface area contributed by atoms with E-state index < -0.39 is 22.2 Å². The van der Waals surface area contributed by atoms with Crippen LogP contribution < -0.4 is 0 Å².